The van der Waals surface area contributed by atoms with Gasteiger partial charge >= 0.3 is 5.97 Å². The van der Waals surface area contributed by atoms with E-state index in [9.17, 15) is 9.59 Å². The average molecular weight is 209 g/mol. The summed E-state index contributed by atoms with van der Waals surface area (Å²) in [6, 6.07) is 0.376. The van der Waals surface area contributed by atoms with E-state index in [-0.39, 0.29) is 12.3 Å². The largest absolute Gasteiger partial charge is 0.481 e. The molecule has 3 aliphatic rings. The first kappa shape index (κ1) is 9.19. The molecule has 1 amide bonds. The number of aliphatic carboxylic acids is 1. The summed E-state index contributed by atoms with van der Waals surface area (Å²) in [6.45, 7) is 0.786. The van der Waals surface area contributed by atoms with Crippen LogP contribution in [-0.2, 0) is 9.59 Å². The molecule has 2 aliphatic heterocycles. The molecular weight excluding hydrogens is 194 g/mol. The zero-order chi connectivity index (χ0) is 10.6. The van der Waals surface area contributed by atoms with Crippen LogP contribution in [0.4, 0.5) is 0 Å². The van der Waals surface area contributed by atoms with E-state index in [0.29, 0.717) is 23.8 Å². The summed E-state index contributed by atoms with van der Waals surface area (Å²) >= 11 is 0. The normalized spacial score (nSPS) is 42.4. The first-order valence-electron chi connectivity index (χ1n) is 5.69. The molecule has 82 valence electrons. The van der Waals surface area contributed by atoms with Gasteiger partial charge in [0.15, 0.2) is 0 Å². The average Bonchev–Trinajstić information content (AvgIpc) is 2.90. The number of nitrogens with zero attached hydrogens (tertiary/aromatic N) is 1. The third-order valence-electron chi connectivity index (χ3n) is 4.15. The van der Waals surface area contributed by atoms with Gasteiger partial charge in [0.25, 0.3) is 0 Å². The first-order chi connectivity index (χ1) is 7.16. The lowest BCUT2D eigenvalue weighted by Gasteiger charge is -2.36. The number of amides is 1. The fourth-order valence-corrected chi connectivity index (χ4v) is 3.32. The van der Waals surface area contributed by atoms with Crippen molar-refractivity contribution in [3.8, 4) is 0 Å². The minimum absolute atomic E-state index is 0.274. The fourth-order valence-electron chi connectivity index (χ4n) is 3.32. The Morgan fingerprint density at radius 2 is 2.27 bits per heavy atom. The minimum atomic E-state index is -0.704. The number of carboxylic acid groups (broad SMARTS) is 1. The van der Waals surface area contributed by atoms with E-state index in [0.717, 1.165) is 25.8 Å². The van der Waals surface area contributed by atoms with E-state index in [4.69, 9.17) is 5.11 Å². The first-order valence-corrected chi connectivity index (χ1v) is 5.69. The van der Waals surface area contributed by atoms with Crippen LogP contribution in [0, 0.1) is 17.8 Å². The van der Waals surface area contributed by atoms with Gasteiger partial charge in [0.1, 0.15) is 0 Å². The summed E-state index contributed by atoms with van der Waals surface area (Å²) < 4.78 is 0. The van der Waals surface area contributed by atoms with Gasteiger partial charge in [-0.1, -0.05) is 0 Å². The van der Waals surface area contributed by atoms with Crippen molar-refractivity contribution < 1.29 is 14.7 Å². The third-order valence-corrected chi connectivity index (χ3v) is 4.15. The van der Waals surface area contributed by atoms with Crippen LogP contribution in [0.15, 0.2) is 0 Å². The molecule has 0 aromatic rings. The molecule has 0 bridgehead atoms. The fraction of sp³-hybridized carbons (Fsp3) is 0.818. The second-order valence-electron chi connectivity index (χ2n) is 5.09. The molecule has 2 unspecified atom stereocenters. The third kappa shape index (κ3) is 1.34. The monoisotopic (exact) mass is 209 g/mol. The van der Waals surface area contributed by atoms with Crippen LogP contribution in [0.2, 0.25) is 0 Å². The predicted molar refractivity (Wildman–Crippen MR) is 52.1 cm³/mol. The van der Waals surface area contributed by atoms with Gasteiger partial charge in [-0.05, 0) is 31.1 Å². The van der Waals surface area contributed by atoms with Gasteiger partial charge in [0.2, 0.25) is 5.91 Å². The molecule has 1 saturated carbocycles. The number of hydrogen-bond donors (Lipinski definition) is 1. The van der Waals surface area contributed by atoms with Crippen LogP contribution < -0.4 is 0 Å². The van der Waals surface area contributed by atoms with E-state index >= 15 is 0 Å². The van der Waals surface area contributed by atoms with Gasteiger partial charge in [-0.2, -0.15) is 0 Å². The zero-order valence-electron chi connectivity index (χ0n) is 8.56. The van der Waals surface area contributed by atoms with Crippen LogP contribution in [0.1, 0.15) is 25.7 Å². The van der Waals surface area contributed by atoms with Gasteiger partial charge in [0, 0.05) is 24.9 Å². The highest BCUT2D eigenvalue weighted by Crippen LogP contribution is 2.53. The van der Waals surface area contributed by atoms with Gasteiger partial charge < -0.3 is 10.0 Å². The maximum Gasteiger partial charge on any atom is 0.303 e. The Labute approximate surface area is 88.2 Å². The van der Waals surface area contributed by atoms with Gasteiger partial charge in [-0.25, -0.2) is 0 Å². The number of carboxylic acids is 1. The van der Waals surface area contributed by atoms with Crippen molar-refractivity contribution >= 4 is 11.9 Å². The Morgan fingerprint density at radius 3 is 3.00 bits per heavy atom. The minimum Gasteiger partial charge on any atom is -0.481 e. The second-order valence-corrected chi connectivity index (χ2v) is 5.09. The smallest absolute Gasteiger partial charge is 0.303 e. The molecule has 4 atom stereocenters. The summed E-state index contributed by atoms with van der Waals surface area (Å²) in [5.41, 5.74) is 0. The van der Waals surface area contributed by atoms with Crippen LogP contribution in [0.5, 0.6) is 0 Å². The van der Waals surface area contributed by atoms with Crippen LogP contribution in [0.3, 0.4) is 0 Å². The van der Waals surface area contributed by atoms with E-state index in [1.807, 2.05) is 4.90 Å². The van der Waals surface area contributed by atoms with E-state index < -0.39 is 5.97 Å². The zero-order valence-corrected chi connectivity index (χ0v) is 8.56. The molecule has 4 nitrogen and oxygen atoms in total. The second kappa shape index (κ2) is 2.97. The van der Waals surface area contributed by atoms with Crippen molar-refractivity contribution in [3.63, 3.8) is 0 Å². The van der Waals surface area contributed by atoms with Crippen LogP contribution in [0.25, 0.3) is 0 Å². The molecule has 3 fully saturated rings. The quantitative estimate of drug-likeness (QED) is 0.729. The number of piperidine rings is 2. The molecule has 1 N–H and O–H groups in total. The summed E-state index contributed by atoms with van der Waals surface area (Å²) in [4.78, 5) is 24.4. The highest BCUT2D eigenvalue weighted by molar-refractivity contribution is 5.85. The lowest BCUT2D eigenvalue weighted by molar-refractivity contribution is -0.139. The van der Waals surface area contributed by atoms with Gasteiger partial charge in [-0.15, -0.1) is 0 Å². The van der Waals surface area contributed by atoms with Crippen molar-refractivity contribution in [2.45, 2.75) is 31.7 Å². The Kier molecular flexibility index (Phi) is 1.82. The van der Waals surface area contributed by atoms with Crippen molar-refractivity contribution in [1.82, 2.24) is 4.90 Å². The molecule has 15 heavy (non-hydrogen) atoms. The van der Waals surface area contributed by atoms with Crippen LogP contribution >= 0.6 is 0 Å². The lowest BCUT2D eigenvalue weighted by Crippen LogP contribution is -2.43. The Balaban J connectivity index is 1.68. The molecule has 3 rings (SSSR count). The molecule has 2 heterocycles. The van der Waals surface area contributed by atoms with Gasteiger partial charge in [0.05, 0.1) is 0 Å². The molecule has 0 spiro atoms. The standard InChI is InChI=1S/C11H15NO3/c13-10(14)4-6-1-2-12-9(3-6)7-5-8(7)11(12)15/h6-9H,1-5H2,(H,13,14)/t6?,7-,8+,9?/m1/s1. The molecule has 4 heteroatoms. The summed E-state index contributed by atoms with van der Waals surface area (Å²) in [5.74, 6) is 0.785. The molecule has 2 saturated heterocycles. The van der Waals surface area contributed by atoms with Crippen molar-refractivity contribution in [2.24, 2.45) is 17.8 Å². The van der Waals surface area contributed by atoms with E-state index in [1.165, 1.54) is 0 Å². The van der Waals surface area contributed by atoms with E-state index in [2.05, 4.69) is 0 Å². The summed E-state index contributed by atoms with van der Waals surface area (Å²) in [5, 5.41) is 8.75. The molecular formula is C11H15NO3. The maximum absolute atomic E-state index is 11.7. The number of carbonyl (C=O) groups excluding carboxylic acids is 1. The highest BCUT2D eigenvalue weighted by atomic mass is 16.4. The number of rotatable bonds is 2. The predicted octanol–water partition coefficient (Wildman–Crippen LogP) is 0.718. The number of carbonyl (C=O) groups is 2. The highest BCUT2D eigenvalue weighted by Gasteiger charge is 2.59. The van der Waals surface area contributed by atoms with Crippen molar-refractivity contribution in [1.29, 1.82) is 0 Å². The summed E-state index contributed by atoms with van der Waals surface area (Å²) in [7, 11) is 0. The Bertz CT molecular complexity index is 328. The van der Waals surface area contributed by atoms with E-state index in [1.54, 1.807) is 0 Å². The molecule has 1 aliphatic carbocycles. The van der Waals surface area contributed by atoms with Gasteiger partial charge in [-0.3, -0.25) is 9.59 Å². The Morgan fingerprint density at radius 1 is 1.47 bits per heavy atom. The topological polar surface area (TPSA) is 57.6 Å². The van der Waals surface area contributed by atoms with Crippen molar-refractivity contribution in [3.05, 3.63) is 0 Å². The number of fused-ring (bicyclic) bond motifs is 3. The summed E-state index contributed by atoms with van der Waals surface area (Å²) in [6.07, 6.45) is 3.11. The lowest BCUT2D eigenvalue weighted by atomic mass is 9.87. The van der Waals surface area contributed by atoms with Crippen LogP contribution in [-0.4, -0.2) is 34.5 Å². The SMILES string of the molecule is O=C(O)CC1CCN2C(=O)[C@H]3C[C@H]3C2C1. The van der Waals surface area contributed by atoms with Crippen molar-refractivity contribution in [2.75, 3.05) is 6.54 Å². The molecule has 0 radical (unpaired) electrons. The molecule has 0 aromatic heterocycles. The number of hydrogen-bond acceptors (Lipinski definition) is 2. The molecule has 0 aromatic carbocycles. The Hall–Kier alpha value is -1.06. The maximum atomic E-state index is 11.7.